The third kappa shape index (κ3) is 3.00. The molecule has 3 aliphatic carbocycles. The Hall–Kier alpha value is -3.56. The fourth-order valence-corrected chi connectivity index (χ4v) is 5.90. The summed E-state index contributed by atoms with van der Waals surface area (Å²) in [5.41, 5.74) is 6.49. The molecular formula is C24H21F3N4O3. The molecule has 2 unspecified atom stereocenters. The molecule has 3 saturated carbocycles. The van der Waals surface area contributed by atoms with Crippen LogP contribution in [-0.2, 0) is 11.2 Å². The number of benzene rings is 1. The van der Waals surface area contributed by atoms with Gasteiger partial charge in [-0.1, -0.05) is 18.2 Å². The third-order valence-corrected chi connectivity index (χ3v) is 7.50. The summed E-state index contributed by atoms with van der Waals surface area (Å²) in [6.45, 7) is 0. The number of nitrogens with zero attached hydrogens (tertiary/aromatic N) is 3. The van der Waals surface area contributed by atoms with Crippen molar-refractivity contribution in [2.24, 2.45) is 17.1 Å². The van der Waals surface area contributed by atoms with Crippen molar-refractivity contribution in [2.45, 2.75) is 43.7 Å². The van der Waals surface area contributed by atoms with Crippen molar-refractivity contribution in [3.05, 3.63) is 60.6 Å². The van der Waals surface area contributed by atoms with E-state index in [0.717, 1.165) is 31.0 Å². The summed E-state index contributed by atoms with van der Waals surface area (Å²) in [4.78, 5) is 17.2. The van der Waals surface area contributed by atoms with Gasteiger partial charge in [-0.15, -0.1) is 13.2 Å². The highest BCUT2D eigenvalue weighted by Crippen LogP contribution is 2.72. The van der Waals surface area contributed by atoms with Gasteiger partial charge in [0.2, 0.25) is 5.60 Å². The molecule has 2 bridgehead atoms. The van der Waals surface area contributed by atoms with Crippen LogP contribution in [0.5, 0.6) is 11.5 Å². The van der Waals surface area contributed by atoms with E-state index in [9.17, 15) is 18.0 Å². The van der Waals surface area contributed by atoms with Crippen LogP contribution in [0.4, 0.5) is 13.2 Å². The number of aromatic nitrogens is 3. The minimum atomic E-state index is -4.79. The number of rotatable bonds is 5. The number of primary amides is 1. The van der Waals surface area contributed by atoms with Gasteiger partial charge in [-0.3, -0.25) is 14.5 Å². The number of nitrogens with two attached hydrogens (primary N) is 1. The van der Waals surface area contributed by atoms with Crippen LogP contribution >= 0.6 is 0 Å². The smallest absolute Gasteiger partial charge is 0.474 e. The third-order valence-electron chi connectivity index (χ3n) is 7.50. The molecule has 4 aliphatic rings. The van der Waals surface area contributed by atoms with E-state index in [-0.39, 0.29) is 5.41 Å². The largest absolute Gasteiger partial charge is 0.573 e. The normalized spacial score (nSPS) is 29.3. The first-order valence-corrected chi connectivity index (χ1v) is 11.0. The maximum Gasteiger partial charge on any atom is 0.573 e. The first kappa shape index (κ1) is 21.0. The number of carbonyl (C=O) groups excluding carboxylic acids is 1. The molecule has 3 aromatic rings. The average Bonchev–Trinajstić information content (AvgIpc) is 3.20. The zero-order valence-corrected chi connectivity index (χ0v) is 18.0. The number of carbonyl (C=O) groups is 1. The van der Waals surface area contributed by atoms with Gasteiger partial charge in [0.15, 0.2) is 0 Å². The number of ether oxygens (including phenoxy) is 2. The Morgan fingerprint density at radius 1 is 1.15 bits per heavy atom. The van der Waals surface area contributed by atoms with Crippen LogP contribution in [0.1, 0.15) is 30.9 Å². The zero-order chi connectivity index (χ0) is 23.7. The van der Waals surface area contributed by atoms with Crippen LogP contribution in [0.3, 0.4) is 0 Å². The van der Waals surface area contributed by atoms with E-state index >= 15 is 0 Å². The van der Waals surface area contributed by atoms with Crippen molar-refractivity contribution < 1.29 is 27.4 Å². The molecule has 3 fully saturated rings. The molecule has 0 radical (unpaired) electrons. The first-order chi connectivity index (χ1) is 16.2. The summed E-state index contributed by atoms with van der Waals surface area (Å²) in [6, 6.07) is 9.76. The number of hydrogen-bond donors (Lipinski definition) is 1. The standard InChI is InChI=1S/C24H21F3N4O3/c25-24(26,27)33-17-5-6-18(29-12-17)16-11-30-31(13-16)20-7-15-3-1-2-4-19(15)34-23(20,21(28)32)22-8-14(9-22)10-22/h1-6,11-14,20H,7-10H2,(H2,28,32). The highest BCUT2D eigenvalue weighted by molar-refractivity contribution is 5.87. The van der Waals surface area contributed by atoms with Crippen LogP contribution < -0.4 is 15.2 Å². The fourth-order valence-electron chi connectivity index (χ4n) is 5.90. The number of para-hydroxylation sites is 1. The van der Waals surface area contributed by atoms with Crippen molar-refractivity contribution >= 4 is 5.91 Å². The molecule has 2 atom stereocenters. The summed E-state index contributed by atoms with van der Waals surface area (Å²) in [7, 11) is 0. The van der Waals surface area contributed by atoms with E-state index in [4.69, 9.17) is 10.5 Å². The van der Waals surface area contributed by atoms with E-state index in [1.165, 1.54) is 12.1 Å². The monoisotopic (exact) mass is 470 g/mol. The summed E-state index contributed by atoms with van der Waals surface area (Å²) in [5.74, 6) is 0.357. The summed E-state index contributed by atoms with van der Waals surface area (Å²) < 4.78 is 49.4. The van der Waals surface area contributed by atoms with Crippen LogP contribution in [0.2, 0.25) is 0 Å². The SMILES string of the molecule is NC(=O)C1(C23CC(C2)C3)Oc2ccccc2CC1n1cc(-c2ccc(OC(F)(F)F)cn2)cn1. The molecule has 0 spiro atoms. The highest BCUT2D eigenvalue weighted by Gasteiger charge is 2.75. The number of hydrogen-bond acceptors (Lipinski definition) is 5. The minimum Gasteiger partial charge on any atom is -0.474 e. The van der Waals surface area contributed by atoms with Gasteiger partial charge in [0.1, 0.15) is 17.5 Å². The second-order valence-electron chi connectivity index (χ2n) is 9.42. The fraction of sp³-hybridized carbons (Fsp3) is 0.375. The lowest BCUT2D eigenvalue weighted by Gasteiger charge is -2.70. The van der Waals surface area contributed by atoms with E-state index in [1.807, 2.05) is 24.3 Å². The number of amides is 1. The van der Waals surface area contributed by atoms with Crippen LogP contribution in [0, 0.1) is 11.3 Å². The predicted molar refractivity (Wildman–Crippen MR) is 114 cm³/mol. The first-order valence-electron chi connectivity index (χ1n) is 11.0. The van der Waals surface area contributed by atoms with Gasteiger partial charge in [0, 0.05) is 23.6 Å². The Kier molecular flexibility index (Phi) is 4.31. The van der Waals surface area contributed by atoms with E-state index in [2.05, 4.69) is 14.8 Å². The molecule has 1 aromatic carbocycles. The number of halogens is 3. The second-order valence-corrected chi connectivity index (χ2v) is 9.42. The molecule has 0 saturated heterocycles. The lowest BCUT2D eigenvalue weighted by molar-refractivity contribution is -0.274. The molecule has 7 rings (SSSR count). The maximum atomic E-state index is 13.1. The second kappa shape index (κ2) is 6.97. The van der Waals surface area contributed by atoms with E-state index < -0.39 is 29.7 Å². The number of alkyl halides is 3. The van der Waals surface area contributed by atoms with Crippen molar-refractivity contribution in [2.75, 3.05) is 0 Å². The number of pyridine rings is 1. The Balaban J connectivity index is 1.37. The number of fused-ring (bicyclic) bond motifs is 1. The molecule has 7 nitrogen and oxygen atoms in total. The Morgan fingerprint density at radius 2 is 1.91 bits per heavy atom. The molecule has 34 heavy (non-hydrogen) atoms. The van der Waals surface area contributed by atoms with Crippen molar-refractivity contribution in [1.82, 2.24) is 14.8 Å². The molecule has 176 valence electrons. The van der Waals surface area contributed by atoms with E-state index in [0.29, 0.717) is 29.3 Å². The average molecular weight is 470 g/mol. The van der Waals surface area contributed by atoms with Gasteiger partial charge in [-0.05, 0) is 48.9 Å². The quantitative estimate of drug-likeness (QED) is 0.608. The van der Waals surface area contributed by atoms with Crippen molar-refractivity contribution in [3.8, 4) is 22.8 Å². The highest BCUT2D eigenvalue weighted by atomic mass is 19.4. The molecule has 2 aromatic heterocycles. The van der Waals surface area contributed by atoms with Gasteiger partial charge >= 0.3 is 6.36 Å². The predicted octanol–water partition coefficient (Wildman–Crippen LogP) is 4.04. The lowest BCUT2D eigenvalue weighted by atomic mass is 9.37. The summed E-state index contributed by atoms with van der Waals surface area (Å²) in [6.07, 6.45) is 2.72. The molecule has 1 amide bonds. The molecular weight excluding hydrogens is 449 g/mol. The van der Waals surface area contributed by atoms with E-state index in [1.54, 1.807) is 17.1 Å². The Morgan fingerprint density at radius 3 is 2.53 bits per heavy atom. The van der Waals surface area contributed by atoms with Gasteiger partial charge in [-0.25, -0.2) is 0 Å². The molecule has 1 aliphatic heterocycles. The molecule has 2 N–H and O–H groups in total. The minimum absolute atomic E-state index is 0.317. The zero-order valence-electron chi connectivity index (χ0n) is 18.0. The molecule has 10 heteroatoms. The summed E-state index contributed by atoms with van der Waals surface area (Å²) >= 11 is 0. The van der Waals surface area contributed by atoms with Crippen LogP contribution in [0.25, 0.3) is 11.3 Å². The lowest BCUT2D eigenvalue weighted by Crippen LogP contribution is -2.75. The Bertz CT molecular complexity index is 1260. The van der Waals surface area contributed by atoms with Crippen LogP contribution in [0.15, 0.2) is 55.0 Å². The Labute approximate surface area is 192 Å². The van der Waals surface area contributed by atoms with Gasteiger partial charge < -0.3 is 15.2 Å². The van der Waals surface area contributed by atoms with Crippen molar-refractivity contribution in [3.63, 3.8) is 0 Å². The van der Waals surface area contributed by atoms with Gasteiger partial charge in [0.25, 0.3) is 5.91 Å². The summed E-state index contributed by atoms with van der Waals surface area (Å²) in [5, 5.41) is 4.52. The maximum absolute atomic E-state index is 13.1. The van der Waals surface area contributed by atoms with Gasteiger partial charge in [0.05, 0.1) is 18.1 Å². The van der Waals surface area contributed by atoms with Crippen LogP contribution in [-0.4, -0.2) is 32.6 Å². The van der Waals surface area contributed by atoms with Gasteiger partial charge in [-0.2, -0.15) is 5.10 Å². The van der Waals surface area contributed by atoms with Crippen molar-refractivity contribution in [1.29, 1.82) is 0 Å². The topological polar surface area (TPSA) is 92.3 Å². The molecule has 3 heterocycles.